The minimum absolute atomic E-state index is 0.489. The molecule has 14 heavy (non-hydrogen) atoms. The van der Waals surface area contributed by atoms with E-state index < -0.39 is 35.3 Å². The summed E-state index contributed by atoms with van der Waals surface area (Å²) in [6.45, 7) is 0. The Hall–Kier alpha value is -1.65. The molecule has 3 nitrogen and oxygen atoms in total. The van der Waals surface area contributed by atoms with Gasteiger partial charge in [0.1, 0.15) is 5.82 Å². The topological polar surface area (TPSA) is 46.5 Å². The van der Waals surface area contributed by atoms with Gasteiger partial charge in [-0.2, -0.15) is 0 Å². The van der Waals surface area contributed by atoms with Crippen LogP contribution in [-0.4, -0.2) is 18.2 Å². The van der Waals surface area contributed by atoms with Crippen molar-refractivity contribution in [1.82, 2.24) is 0 Å². The molecule has 1 aromatic carbocycles. The number of carbonyl (C=O) groups excluding carboxylic acids is 1. The number of hydrogen-bond donors (Lipinski definition) is 1. The Morgan fingerprint density at radius 2 is 2.14 bits per heavy atom. The fraction of sp³-hybridized carbons (Fsp3) is 0.222. The largest absolute Gasteiger partial charge is 0.505 e. The monoisotopic (exact) mass is 202 g/mol. The molecule has 0 spiro atoms. The number of benzene rings is 1. The number of rotatable bonds is 2. The summed E-state index contributed by atoms with van der Waals surface area (Å²) in [4.78, 5) is 10.8. The summed E-state index contributed by atoms with van der Waals surface area (Å²) >= 11 is 0. The molecule has 0 aromatic heterocycles. The van der Waals surface area contributed by atoms with Crippen LogP contribution < -0.4 is 0 Å². The van der Waals surface area contributed by atoms with Gasteiger partial charge in [0.15, 0.2) is 11.6 Å². The van der Waals surface area contributed by atoms with Crippen LogP contribution in [0, 0.1) is 11.6 Å². The van der Waals surface area contributed by atoms with Crippen molar-refractivity contribution in [1.29, 1.82) is 0 Å². The van der Waals surface area contributed by atoms with Gasteiger partial charge in [-0.25, -0.2) is 8.78 Å². The Bertz CT molecular complexity index is 363. The van der Waals surface area contributed by atoms with E-state index in [-0.39, 0.29) is 0 Å². The van der Waals surface area contributed by atoms with Crippen LogP contribution in [0.1, 0.15) is 5.56 Å². The third-order valence-electron chi connectivity index (χ3n) is 1.71. The Morgan fingerprint density at radius 3 is 2.71 bits per heavy atom. The Morgan fingerprint density at radius 1 is 1.50 bits per heavy atom. The van der Waals surface area contributed by atoms with Crippen LogP contribution in [0.2, 0.25) is 0 Å². The van der Waals surface area contributed by atoms with E-state index in [1.54, 1.807) is 0 Å². The predicted molar refractivity (Wildman–Crippen MR) is 43.7 cm³/mol. The second-order valence-corrected chi connectivity index (χ2v) is 2.61. The lowest BCUT2D eigenvalue weighted by Gasteiger charge is -2.04. The predicted octanol–water partition coefficient (Wildman–Crippen LogP) is 1.39. The minimum Gasteiger partial charge on any atom is -0.505 e. The smallest absolute Gasteiger partial charge is 0.310 e. The molecule has 0 aliphatic heterocycles. The molecule has 0 fully saturated rings. The van der Waals surface area contributed by atoms with E-state index in [4.69, 9.17) is 5.11 Å². The van der Waals surface area contributed by atoms with Crippen LogP contribution in [0.5, 0.6) is 5.75 Å². The summed E-state index contributed by atoms with van der Waals surface area (Å²) in [7, 11) is 1.11. The number of carbonyl (C=O) groups is 1. The van der Waals surface area contributed by atoms with Gasteiger partial charge in [-0.15, -0.1) is 0 Å². The Kier molecular flexibility index (Phi) is 3.01. The number of ether oxygens (including phenoxy) is 1. The number of methoxy groups -OCH3 is 1. The fourth-order valence-electron chi connectivity index (χ4n) is 0.964. The van der Waals surface area contributed by atoms with Crippen LogP contribution >= 0.6 is 0 Å². The molecule has 0 heterocycles. The van der Waals surface area contributed by atoms with E-state index in [1.165, 1.54) is 0 Å². The summed E-state index contributed by atoms with van der Waals surface area (Å²) < 4.78 is 30.3. The number of hydrogen-bond acceptors (Lipinski definition) is 3. The van der Waals surface area contributed by atoms with Gasteiger partial charge in [0.05, 0.1) is 13.5 Å². The Balaban J connectivity index is 3.06. The minimum atomic E-state index is -1.13. The molecule has 0 atom stereocenters. The molecule has 0 radical (unpaired) electrons. The number of esters is 1. The molecule has 1 aromatic rings. The molecule has 1 rings (SSSR count). The molecule has 0 amide bonds. The SMILES string of the molecule is COC(=O)Cc1c(F)ccc(O)c1F. The van der Waals surface area contributed by atoms with E-state index in [9.17, 15) is 13.6 Å². The first kappa shape index (κ1) is 10.4. The average Bonchev–Trinajstić information content (AvgIpc) is 2.18. The quantitative estimate of drug-likeness (QED) is 0.737. The van der Waals surface area contributed by atoms with E-state index >= 15 is 0 Å². The van der Waals surface area contributed by atoms with Crippen molar-refractivity contribution in [2.75, 3.05) is 7.11 Å². The highest BCUT2D eigenvalue weighted by Gasteiger charge is 2.16. The third-order valence-corrected chi connectivity index (χ3v) is 1.71. The summed E-state index contributed by atoms with van der Waals surface area (Å²) in [5.74, 6) is -3.47. The molecule has 0 saturated carbocycles. The molecule has 76 valence electrons. The van der Waals surface area contributed by atoms with Crippen LogP contribution in [0.15, 0.2) is 12.1 Å². The van der Waals surface area contributed by atoms with E-state index in [0.29, 0.717) is 0 Å². The lowest BCUT2D eigenvalue weighted by atomic mass is 10.1. The molecule has 1 N–H and O–H groups in total. The molecule has 0 aliphatic carbocycles. The van der Waals surface area contributed by atoms with Crippen LogP contribution in [-0.2, 0) is 16.0 Å². The van der Waals surface area contributed by atoms with Gasteiger partial charge in [-0.1, -0.05) is 0 Å². The van der Waals surface area contributed by atoms with Gasteiger partial charge in [0, 0.05) is 5.56 Å². The standard InChI is InChI=1S/C9H8F2O3/c1-14-8(13)4-5-6(10)2-3-7(12)9(5)11/h2-3,12H,4H2,1H3. The van der Waals surface area contributed by atoms with Crippen molar-refractivity contribution in [3.05, 3.63) is 29.3 Å². The molecule has 0 bridgehead atoms. The van der Waals surface area contributed by atoms with Gasteiger partial charge in [0.25, 0.3) is 0 Å². The third kappa shape index (κ3) is 1.99. The lowest BCUT2D eigenvalue weighted by molar-refractivity contribution is -0.139. The summed E-state index contributed by atoms with van der Waals surface area (Å²) in [5.41, 5.74) is -0.489. The van der Waals surface area contributed by atoms with Crippen molar-refractivity contribution in [3.8, 4) is 5.75 Å². The molecular formula is C9H8F2O3. The van der Waals surface area contributed by atoms with Crippen molar-refractivity contribution >= 4 is 5.97 Å². The first-order chi connectivity index (χ1) is 6.56. The number of halogens is 2. The zero-order valence-corrected chi connectivity index (χ0v) is 7.38. The zero-order chi connectivity index (χ0) is 10.7. The molecular weight excluding hydrogens is 194 g/mol. The van der Waals surface area contributed by atoms with Crippen LogP contribution in [0.25, 0.3) is 0 Å². The maximum Gasteiger partial charge on any atom is 0.310 e. The molecule has 5 heteroatoms. The Labute approximate surface area is 78.9 Å². The van der Waals surface area contributed by atoms with E-state index in [1.807, 2.05) is 0 Å². The summed E-state index contributed by atoms with van der Waals surface area (Å²) in [5, 5.41) is 8.92. The lowest BCUT2D eigenvalue weighted by Crippen LogP contribution is -2.08. The van der Waals surface area contributed by atoms with E-state index in [2.05, 4.69) is 4.74 Å². The number of phenolic OH excluding ortho intramolecular Hbond substituents is 1. The first-order valence-corrected chi connectivity index (χ1v) is 3.79. The van der Waals surface area contributed by atoms with E-state index in [0.717, 1.165) is 19.2 Å². The van der Waals surface area contributed by atoms with Gasteiger partial charge in [-0.05, 0) is 12.1 Å². The van der Waals surface area contributed by atoms with Crippen LogP contribution in [0.4, 0.5) is 8.78 Å². The van der Waals surface area contributed by atoms with Gasteiger partial charge in [-0.3, -0.25) is 4.79 Å². The highest BCUT2D eigenvalue weighted by Crippen LogP contribution is 2.22. The molecule has 0 aliphatic rings. The number of phenols is 1. The second kappa shape index (κ2) is 4.04. The maximum atomic E-state index is 13.1. The fourth-order valence-corrected chi connectivity index (χ4v) is 0.964. The molecule has 0 unspecified atom stereocenters. The first-order valence-electron chi connectivity index (χ1n) is 3.79. The van der Waals surface area contributed by atoms with Crippen molar-refractivity contribution in [3.63, 3.8) is 0 Å². The maximum absolute atomic E-state index is 13.1. The van der Waals surface area contributed by atoms with Gasteiger partial charge < -0.3 is 9.84 Å². The number of aromatic hydroxyl groups is 1. The zero-order valence-electron chi connectivity index (χ0n) is 7.38. The second-order valence-electron chi connectivity index (χ2n) is 2.61. The average molecular weight is 202 g/mol. The van der Waals surface area contributed by atoms with Crippen molar-refractivity contribution in [2.24, 2.45) is 0 Å². The highest BCUT2D eigenvalue weighted by molar-refractivity contribution is 5.72. The van der Waals surface area contributed by atoms with Gasteiger partial charge in [0.2, 0.25) is 0 Å². The summed E-state index contributed by atoms with van der Waals surface area (Å²) in [6, 6.07) is 1.77. The van der Waals surface area contributed by atoms with Gasteiger partial charge >= 0.3 is 5.97 Å². The summed E-state index contributed by atoms with van der Waals surface area (Å²) in [6.07, 6.45) is -0.539. The highest BCUT2D eigenvalue weighted by atomic mass is 19.1. The van der Waals surface area contributed by atoms with Crippen molar-refractivity contribution < 1.29 is 23.4 Å². The van der Waals surface area contributed by atoms with Crippen molar-refractivity contribution in [2.45, 2.75) is 6.42 Å². The normalized spacial score (nSPS) is 9.93. The molecule has 0 saturated heterocycles. The van der Waals surface area contributed by atoms with Crippen LogP contribution in [0.3, 0.4) is 0 Å².